The van der Waals surface area contributed by atoms with Gasteiger partial charge in [-0.2, -0.15) is 0 Å². The molecule has 0 spiro atoms. The molecule has 30 heavy (non-hydrogen) atoms. The topological polar surface area (TPSA) is 64.6 Å². The summed E-state index contributed by atoms with van der Waals surface area (Å²) in [6.07, 6.45) is -0.157. The Bertz CT molecular complexity index is 872. The smallest absolute Gasteiger partial charge is 0.203 e. The van der Waals surface area contributed by atoms with Gasteiger partial charge in [-0.05, 0) is 35.4 Å². The van der Waals surface area contributed by atoms with Crippen LogP contribution in [0, 0.1) is 11.8 Å². The molecule has 7 heteroatoms. The maximum Gasteiger partial charge on any atom is 0.203 e. The van der Waals surface area contributed by atoms with E-state index in [9.17, 15) is 0 Å². The minimum absolute atomic E-state index is 0.0538. The molecular weight excluding hydrogens is 388 g/mol. The Balaban J connectivity index is 1.61. The van der Waals surface area contributed by atoms with Crippen molar-refractivity contribution >= 4 is 0 Å². The number of benzene rings is 2. The SMILES string of the molecule is COc1ccc(C2OC[C@@H]3[C@@H](c4cc(OC)c(OC)c(OC)c4)OC[C@H]23)cc1OC. The highest BCUT2D eigenvalue weighted by molar-refractivity contribution is 5.54. The second kappa shape index (κ2) is 8.62. The zero-order valence-electron chi connectivity index (χ0n) is 18.0. The Morgan fingerprint density at radius 3 is 1.60 bits per heavy atom. The summed E-state index contributed by atoms with van der Waals surface area (Å²) in [5, 5.41) is 0. The third kappa shape index (κ3) is 3.42. The van der Waals surface area contributed by atoms with Gasteiger partial charge in [0.2, 0.25) is 5.75 Å². The average molecular weight is 416 g/mol. The van der Waals surface area contributed by atoms with E-state index in [1.54, 1.807) is 35.5 Å². The van der Waals surface area contributed by atoms with Crippen LogP contribution in [-0.2, 0) is 9.47 Å². The standard InChI is InChI=1S/C23H28O7/c1-24-17-7-6-13(8-18(17)25-2)21-15-11-30-22(16(15)12-29-21)14-9-19(26-3)23(28-5)20(10-14)27-4/h6-10,15-16,21-22H,11-12H2,1-5H3/t15-,16-,21?,22+/m0/s1. The number of hydrogen-bond acceptors (Lipinski definition) is 7. The van der Waals surface area contributed by atoms with E-state index in [1.807, 2.05) is 30.3 Å². The molecule has 0 aromatic heterocycles. The van der Waals surface area contributed by atoms with Gasteiger partial charge in [0, 0.05) is 11.8 Å². The van der Waals surface area contributed by atoms with Crippen LogP contribution in [0.25, 0.3) is 0 Å². The van der Waals surface area contributed by atoms with E-state index in [-0.39, 0.29) is 24.0 Å². The lowest BCUT2D eigenvalue weighted by Gasteiger charge is -2.20. The first kappa shape index (κ1) is 20.6. The number of hydrogen-bond donors (Lipinski definition) is 0. The summed E-state index contributed by atoms with van der Waals surface area (Å²) in [5.41, 5.74) is 2.06. The van der Waals surface area contributed by atoms with E-state index >= 15 is 0 Å². The van der Waals surface area contributed by atoms with Gasteiger partial charge in [-0.25, -0.2) is 0 Å². The van der Waals surface area contributed by atoms with Gasteiger partial charge in [-0.3, -0.25) is 0 Å². The van der Waals surface area contributed by atoms with Gasteiger partial charge < -0.3 is 33.2 Å². The maximum absolute atomic E-state index is 6.24. The molecule has 2 aromatic carbocycles. The molecule has 0 aliphatic carbocycles. The summed E-state index contributed by atoms with van der Waals surface area (Å²) in [7, 11) is 8.10. The summed E-state index contributed by atoms with van der Waals surface area (Å²) >= 11 is 0. The molecule has 2 aliphatic rings. The monoisotopic (exact) mass is 416 g/mol. The number of ether oxygens (including phenoxy) is 7. The highest BCUT2D eigenvalue weighted by Gasteiger charge is 2.48. The average Bonchev–Trinajstić information content (AvgIpc) is 3.39. The fourth-order valence-electron chi connectivity index (χ4n) is 4.53. The number of fused-ring (bicyclic) bond motifs is 1. The molecule has 7 nitrogen and oxygen atoms in total. The molecule has 4 atom stereocenters. The Kier molecular flexibility index (Phi) is 5.92. The fraction of sp³-hybridized carbons (Fsp3) is 0.478. The molecule has 1 unspecified atom stereocenters. The summed E-state index contributed by atoms with van der Waals surface area (Å²) in [5.74, 6) is 3.68. The molecule has 2 heterocycles. The van der Waals surface area contributed by atoms with E-state index in [4.69, 9.17) is 33.2 Å². The predicted molar refractivity (Wildman–Crippen MR) is 110 cm³/mol. The van der Waals surface area contributed by atoms with Crippen molar-refractivity contribution in [2.45, 2.75) is 12.2 Å². The van der Waals surface area contributed by atoms with Crippen LogP contribution in [0.2, 0.25) is 0 Å². The molecule has 162 valence electrons. The first-order valence-corrected chi connectivity index (χ1v) is 9.90. The summed E-state index contributed by atoms with van der Waals surface area (Å²) in [6.45, 7) is 1.23. The predicted octanol–water partition coefficient (Wildman–Crippen LogP) is 3.80. The second-order valence-electron chi connectivity index (χ2n) is 7.41. The van der Waals surface area contributed by atoms with Crippen LogP contribution in [0.15, 0.2) is 30.3 Å². The normalized spacial score (nSPS) is 25.0. The largest absolute Gasteiger partial charge is 0.493 e. The molecule has 0 radical (unpaired) electrons. The van der Waals surface area contributed by atoms with Crippen LogP contribution in [0.4, 0.5) is 0 Å². The lowest BCUT2D eigenvalue weighted by molar-refractivity contribution is 0.0191. The molecular formula is C23H28O7. The highest BCUT2D eigenvalue weighted by atomic mass is 16.5. The van der Waals surface area contributed by atoms with Gasteiger partial charge in [-0.15, -0.1) is 0 Å². The van der Waals surface area contributed by atoms with E-state index in [0.717, 1.165) is 11.1 Å². The van der Waals surface area contributed by atoms with Crippen LogP contribution in [-0.4, -0.2) is 48.8 Å². The number of rotatable bonds is 7. The van der Waals surface area contributed by atoms with E-state index < -0.39 is 0 Å². The molecule has 0 amide bonds. The van der Waals surface area contributed by atoms with Gasteiger partial charge in [-0.1, -0.05) is 6.07 Å². The minimum atomic E-state index is -0.103. The third-order valence-electron chi connectivity index (χ3n) is 6.02. The zero-order valence-corrected chi connectivity index (χ0v) is 18.0. The van der Waals surface area contributed by atoms with Crippen molar-refractivity contribution in [3.8, 4) is 28.7 Å². The molecule has 0 saturated carbocycles. The maximum atomic E-state index is 6.24. The quantitative estimate of drug-likeness (QED) is 0.680. The minimum Gasteiger partial charge on any atom is -0.493 e. The highest BCUT2D eigenvalue weighted by Crippen LogP contribution is 2.52. The van der Waals surface area contributed by atoms with Crippen LogP contribution in [0.3, 0.4) is 0 Å². The van der Waals surface area contributed by atoms with Crippen LogP contribution < -0.4 is 23.7 Å². The first-order chi connectivity index (χ1) is 14.6. The third-order valence-corrected chi connectivity index (χ3v) is 6.02. The second-order valence-corrected chi connectivity index (χ2v) is 7.41. The van der Waals surface area contributed by atoms with Gasteiger partial charge >= 0.3 is 0 Å². The van der Waals surface area contributed by atoms with Crippen LogP contribution in [0.1, 0.15) is 23.3 Å². The molecule has 2 saturated heterocycles. The van der Waals surface area contributed by atoms with Gasteiger partial charge in [0.1, 0.15) is 0 Å². The molecule has 2 fully saturated rings. The van der Waals surface area contributed by atoms with Crippen molar-refractivity contribution in [1.82, 2.24) is 0 Å². The zero-order chi connectivity index (χ0) is 21.3. The van der Waals surface area contributed by atoms with Gasteiger partial charge in [0.15, 0.2) is 23.0 Å². The summed E-state index contributed by atoms with van der Waals surface area (Å²) in [6, 6.07) is 9.84. The van der Waals surface area contributed by atoms with Gasteiger partial charge in [0.25, 0.3) is 0 Å². The van der Waals surface area contributed by atoms with Crippen LogP contribution >= 0.6 is 0 Å². The van der Waals surface area contributed by atoms with Crippen molar-refractivity contribution in [3.63, 3.8) is 0 Å². The molecule has 2 aromatic rings. The lowest BCUT2D eigenvalue weighted by atomic mass is 9.84. The number of methoxy groups -OCH3 is 5. The van der Waals surface area contributed by atoms with E-state index in [1.165, 1.54) is 0 Å². The van der Waals surface area contributed by atoms with Crippen molar-refractivity contribution in [1.29, 1.82) is 0 Å². The Morgan fingerprint density at radius 1 is 0.600 bits per heavy atom. The first-order valence-electron chi connectivity index (χ1n) is 9.90. The fourth-order valence-corrected chi connectivity index (χ4v) is 4.53. The van der Waals surface area contributed by atoms with Crippen molar-refractivity contribution in [3.05, 3.63) is 41.5 Å². The van der Waals surface area contributed by atoms with E-state index in [2.05, 4.69) is 0 Å². The van der Waals surface area contributed by atoms with Crippen LogP contribution in [0.5, 0.6) is 28.7 Å². The van der Waals surface area contributed by atoms with Crippen molar-refractivity contribution in [2.24, 2.45) is 11.8 Å². The summed E-state index contributed by atoms with van der Waals surface area (Å²) < 4.78 is 39.7. The summed E-state index contributed by atoms with van der Waals surface area (Å²) in [4.78, 5) is 0. The molecule has 4 rings (SSSR count). The molecule has 2 aliphatic heterocycles. The van der Waals surface area contributed by atoms with E-state index in [0.29, 0.717) is 42.0 Å². The van der Waals surface area contributed by atoms with Crippen molar-refractivity contribution < 1.29 is 33.2 Å². The molecule has 0 N–H and O–H groups in total. The lowest BCUT2D eigenvalue weighted by Crippen LogP contribution is -2.15. The Morgan fingerprint density at radius 2 is 1.10 bits per heavy atom. The van der Waals surface area contributed by atoms with Crippen molar-refractivity contribution in [2.75, 3.05) is 48.8 Å². The van der Waals surface area contributed by atoms with Gasteiger partial charge in [0.05, 0.1) is 61.0 Å². The Hall–Kier alpha value is -2.64. The molecule has 0 bridgehead atoms. The Labute approximate surface area is 176 Å².